The lowest BCUT2D eigenvalue weighted by atomic mass is 10.1. The van der Waals surface area contributed by atoms with Gasteiger partial charge >= 0.3 is 0 Å². The van der Waals surface area contributed by atoms with Crippen molar-refractivity contribution < 1.29 is 9.59 Å². The smallest absolute Gasteiger partial charge is 0.251 e. The van der Waals surface area contributed by atoms with Crippen LogP contribution in [-0.4, -0.2) is 16.4 Å². The van der Waals surface area contributed by atoms with Crippen molar-refractivity contribution in [3.8, 4) is 5.69 Å². The first-order chi connectivity index (χ1) is 13.0. The molecule has 1 heterocycles. The monoisotopic (exact) mass is 361 g/mol. The Bertz CT molecular complexity index is 913. The fourth-order valence-corrected chi connectivity index (χ4v) is 2.62. The second-order valence-corrected chi connectivity index (χ2v) is 6.66. The zero-order valence-electron chi connectivity index (χ0n) is 15.5. The van der Waals surface area contributed by atoms with Crippen LogP contribution in [0.3, 0.4) is 0 Å². The van der Waals surface area contributed by atoms with Crippen LogP contribution < -0.4 is 10.6 Å². The molecule has 0 saturated carbocycles. The molecule has 5 heteroatoms. The third kappa shape index (κ3) is 4.85. The number of nitrogens with one attached hydrogen (secondary N) is 2. The first-order valence-electron chi connectivity index (χ1n) is 8.94. The van der Waals surface area contributed by atoms with Crippen LogP contribution in [0, 0.1) is 5.92 Å². The Morgan fingerprint density at radius 1 is 0.963 bits per heavy atom. The number of anilines is 1. The standard InChI is InChI=1S/C22H23N3O2/c1-16(2)21(26)24-19-7-5-6-17(14-19)15-23-22(27)18-8-10-20(11-9-18)25-12-3-4-13-25/h3-14,16H,15H2,1-2H3,(H,23,27)(H,24,26). The summed E-state index contributed by atoms with van der Waals surface area (Å²) in [7, 11) is 0. The van der Waals surface area contributed by atoms with Gasteiger partial charge in [0.1, 0.15) is 0 Å². The van der Waals surface area contributed by atoms with Gasteiger partial charge in [0, 0.05) is 41.8 Å². The summed E-state index contributed by atoms with van der Waals surface area (Å²) in [5.74, 6) is -0.243. The quantitative estimate of drug-likeness (QED) is 0.697. The minimum absolute atomic E-state index is 0.0287. The Morgan fingerprint density at radius 3 is 2.33 bits per heavy atom. The number of nitrogens with zero attached hydrogens (tertiary/aromatic N) is 1. The number of hydrogen-bond donors (Lipinski definition) is 2. The second-order valence-electron chi connectivity index (χ2n) is 6.66. The molecule has 0 saturated heterocycles. The summed E-state index contributed by atoms with van der Waals surface area (Å²) in [6.45, 7) is 4.09. The summed E-state index contributed by atoms with van der Waals surface area (Å²) in [5.41, 5.74) is 3.27. The molecule has 0 aliphatic carbocycles. The summed E-state index contributed by atoms with van der Waals surface area (Å²) in [6.07, 6.45) is 3.92. The molecule has 0 radical (unpaired) electrons. The van der Waals surface area contributed by atoms with E-state index in [2.05, 4.69) is 10.6 Å². The van der Waals surface area contributed by atoms with Gasteiger partial charge in [-0.2, -0.15) is 0 Å². The molecule has 0 aliphatic rings. The minimum atomic E-state index is -0.134. The van der Waals surface area contributed by atoms with Gasteiger partial charge in [-0.05, 0) is 54.1 Å². The summed E-state index contributed by atoms with van der Waals surface area (Å²) in [6, 6.07) is 18.9. The molecule has 2 aromatic carbocycles. The van der Waals surface area contributed by atoms with E-state index < -0.39 is 0 Å². The topological polar surface area (TPSA) is 63.1 Å². The van der Waals surface area contributed by atoms with Gasteiger partial charge in [0.05, 0.1) is 0 Å². The normalized spacial score (nSPS) is 10.6. The molecule has 138 valence electrons. The molecule has 0 bridgehead atoms. The van der Waals surface area contributed by atoms with Crippen LogP contribution in [-0.2, 0) is 11.3 Å². The molecule has 0 fully saturated rings. The van der Waals surface area contributed by atoms with E-state index in [1.807, 2.05) is 91.5 Å². The van der Waals surface area contributed by atoms with Gasteiger partial charge in [-0.1, -0.05) is 26.0 Å². The Hall–Kier alpha value is -3.34. The Kier molecular flexibility index (Phi) is 5.71. The molecule has 0 spiro atoms. The molecule has 5 nitrogen and oxygen atoms in total. The minimum Gasteiger partial charge on any atom is -0.348 e. The molecular formula is C22H23N3O2. The van der Waals surface area contributed by atoms with Crippen molar-refractivity contribution in [2.75, 3.05) is 5.32 Å². The van der Waals surface area contributed by atoms with Crippen LogP contribution in [0.4, 0.5) is 5.69 Å². The number of benzene rings is 2. The lowest BCUT2D eigenvalue weighted by Crippen LogP contribution is -2.23. The van der Waals surface area contributed by atoms with Gasteiger partial charge in [-0.25, -0.2) is 0 Å². The highest BCUT2D eigenvalue weighted by molar-refractivity contribution is 5.94. The van der Waals surface area contributed by atoms with Crippen molar-refractivity contribution in [1.82, 2.24) is 9.88 Å². The molecule has 0 atom stereocenters. The van der Waals surface area contributed by atoms with Crippen molar-refractivity contribution in [1.29, 1.82) is 0 Å². The van der Waals surface area contributed by atoms with Crippen LogP contribution in [0.2, 0.25) is 0 Å². The van der Waals surface area contributed by atoms with Crippen molar-refractivity contribution in [3.63, 3.8) is 0 Å². The van der Waals surface area contributed by atoms with Crippen LogP contribution in [0.15, 0.2) is 73.1 Å². The Balaban J connectivity index is 1.60. The highest BCUT2D eigenvalue weighted by atomic mass is 16.2. The molecule has 1 aromatic heterocycles. The maximum absolute atomic E-state index is 12.4. The Morgan fingerprint density at radius 2 is 1.67 bits per heavy atom. The zero-order chi connectivity index (χ0) is 19.2. The van der Waals surface area contributed by atoms with Gasteiger partial charge in [0.15, 0.2) is 0 Å². The van der Waals surface area contributed by atoms with E-state index in [0.29, 0.717) is 12.1 Å². The Labute approximate surface area is 159 Å². The number of hydrogen-bond acceptors (Lipinski definition) is 2. The predicted molar refractivity (Wildman–Crippen MR) is 107 cm³/mol. The van der Waals surface area contributed by atoms with Gasteiger partial charge in [-0.15, -0.1) is 0 Å². The predicted octanol–water partition coefficient (Wildman–Crippen LogP) is 4.00. The SMILES string of the molecule is CC(C)C(=O)Nc1cccc(CNC(=O)c2ccc(-n3cccc3)cc2)c1. The molecule has 3 rings (SSSR count). The number of rotatable bonds is 6. The number of carbonyl (C=O) groups is 2. The van der Waals surface area contributed by atoms with Crippen LogP contribution in [0.25, 0.3) is 5.69 Å². The van der Waals surface area contributed by atoms with E-state index in [1.54, 1.807) is 0 Å². The summed E-state index contributed by atoms with van der Waals surface area (Å²) in [4.78, 5) is 24.2. The van der Waals surface area contributed by atoms with Crippen molar-refractivity contribution in [2.24, 2.45) is 5.92 Å². The summed E-state index contributed by atoms with van der Waals surface area (Å²) < 4.78 is 1.98. The van der Waals surface area contributed by atoms with Gasteiger partial charge < -0.3 is 15.2 Å². The van der Waals surface area contributed by atoms with Gasteiger partial charge in [0.25, 0.3) is 5.91 Å². The second kappa shape index (κ2) is 8.36. The van der Waals surface area contributed by atoms with E-state index in [1.165, 1.54) is 0 Å². The first-order valence-corrected chi connectivity index (χ1v) is 8.94. The summed E-state index contributed by atoms with van der Waals surface area (Å²) in [5, 5.41) is 5.78. The third-order valence-electron chi connectivity index (χ3n) is 4.20. The third-order valence-corrected chi connectivity index (χ3v) is 4.20. The number of carbonyl (C=O) groups excluding carboxylic acids is 2. The molecule has 0 unspecified atom stereocenters. The zero-order valence-corrected chi connectivity index (χ0v) is 15.5. The largest absolute Gasteiger partial charge is 0.348 e. The van der Waals surface area contributed by atoms with Crippen molar-refractivity contribution >= 4 is 17.5 Å². The fourth-order valence-electron chi connectivity index (χ4n) is 2.62. The number of aromatic nitrogens is 1. The molecule has 2 N–H and O–H groups in total. The van der Waals surface area contributed by atoms with Crippen LogP contribution in [0.5, 0.6) is 0 Å². The maximum Gasteiger partial charge on any atom is 0.251 e. The fraction of sp³-hybridized carbons (Fsp3) is 0.182. The molecule has 2 amide bonds. The van der Waals surface area contributed by atoms with Gasteiger partial charge in [0.2, 0.25) is 5.91 Å². The van der Waals surface area contributed by atoms with Crippen LogP contribution >= 0.6 is 0 Å². The van der Waals surface area contributed by atoms with E-state index in [0.717, 1.165) is 16.9 Å². The average Bonchev–Trinajstić information content (AvgIpc) is 3.21. The summed E-state index contributed by atoms with van der Waals surface area (Å²) >= 11 is 0. The lowest BCUT2D eigenvalue weighted by Gasteiger charge is -2.10. The van der Waals surface area contributed by atoms with E-state index >= 15 is 0 Å². The van der Waals surface area contributed by atoms with E-state index in [9.17, 15) is 9.59 Å². The maximum atomic E-state index is 12.4. The van der Waals surface area contributed by atoms with Crippen molar-refractivity contribution in [3.05, 3.63) is 84.2 Å². The molecule has 3 aromatic rings. The lowest BCUT2D eigenvalue weighted by molar-refractivity contribution is -0.118. The highest BCUT2D eigenvalue weighted by Crippen LogP contribution is 2.13. The molecule has 0 aliphatic heterocycles. The van der Waals surface area contributed by atoms with Crippen LogP contribution in [0.1, 0.15) is 29.8 Å². The molecule has 27 heavy (non-hydrogen) atoms. The van der Waals surface area contributed by atoms with Crippen molar-refractivity contribution in [2.45, 2.75) is 20.4 Å². The highest BCUT2D eigenvalue weighted by Gasteiger charge is 2.08. The van der Waals surface area contributed by atoms with E-state index in [-0.39, 0.29) is 17.7 Å². The van der Waals surface area contributed by atoms with Gasteiger partial charge in [-0.3, -0.25) is 9.59 Å². The number of amides is 2. The first kappa shape index (κ1) is 18.5. The average molecular weight is 361 g/mol. The van der Waals surface area contributed by atoms with E-state index in [4.69, 9.17) is 0 Å². The molecular weight excluding hydrogens is 338 g/mol.